The van der Waals surface area contributed by atoms with Crippen LogP contribution in [0, 0.1) is 0 Å². The number of fused-ring (bicyclic) bond motifs is 1. The second-order valence-electron chi connectivity index (χ2n) is 8.34. The number of anilines is 1. The van der Waals surface area contributed by atoms with E-state index in [1.54, 1.807) is 60.7 Å². The summed E-state index contributed by atoms with van der Waals surface area (Å²) in [6.07, 6.45) is 0. The minimum absolute atomic E-state index is 0.117. The summed E-state index contributed by atoms with van der Waals surface area (Å²) in [6.45, 7) is -0.0498. The third-order valence-electron chi connectivity index (χ3n) is 5.89. The minimum Gasteiger partial charge on any atom is -0.489 e. The Morgan fingerprint density at radius 3 is 2.00 bits per heavy atom. The number of benzene rings is 4. The van der Waals surface area contributed by atoms with Crippen LogP contribution in [-0.2, 0) is 11.3 Å². The van der Waals surface area contributed by atoms with E-state index >= 15 is 0 Å². The maximum atomic E-state index is 12.7. The van der Waals surface area contributed by atoms with Crippen LogP contribution in [0.4, 0.5) is 5.69 Å². The van der Waals surface area contributed by atoms with E-state index in [1.165, 1.54) is 12.1 Å². The zero-order chi connectivity index (χ0) is 25.8. The molecule has 182 valence electrons. The van der Waals surface area contributed by atoms with Gasteiger partial charge < -0.3 is 9.47 Å². The number of imide groups is 1. The largest absolute Gasteiger partial charge is 0.489 e. The summed E-state index contributed by atoms with van der Waals surface area (Å²) in [6, 6.07) is 28.8. The number of rotatable bonds is 8. The number of ether oxygens (including phenoxy) is 2. The summed E-state index contributed by atoms with van der Waals surface area (Å²) in [4.78, 5) is 51.7. The van der Waals surface area contributed by atoms with Crippen LogP contribution < -0.4 is 9.64 Å². The average Bonchev–Trinajstić information content (AvgIpc) is 3.21. The maximum Gasteiger partial charge on any atom is 0.338 e. The third-order valence-corrected chi connectivity index (χ3v) is 5.89. The molecule has 7 nitrogen and oxygen atoms in total. The van der Waals surface area contributed by atoms with E-state index in [4.69, 9.17) is 9.47 Å². The van der Waals surface area contributed by atoms with Gasteiger partial charge in [0.05, 0.1) is 22.4 Å². The Hall–Kier alpha value is -5.04. The molecule has 0 radical (unpaired) electrons. The first-order chi connectivity index (χ1) is 18.0. The van der Waals surface area contributed by atoms with Gasteiger partial charge in [-0.25, -0.2) is 9.69 Å². The van der Waals surface area contributed by atoms with Crippen LogP contribution in [-0.4, -0.2) is 30.2 Å². The maximum absolute atomic E-state index is 12.7. The van der Waals surface area contributed by atoms with Gasteiger partial charge in [-0.1, -0.05) is 48.5 Å². The number of amides is 2. The molecular formula is C30H21NO6. The molecule has 0 atom stereocenters. The molecule has 2 amide bonds. The van der Waals surface area contributed by atoms with Crippen molar-refractivity contribution in [1.29, 1.82) is 0 Å². The standard InChI is InChI=1S/C30H21NO6/c32-27(21-13-15-24(16-14-21)36-18-20-7-2-1-3-8-20)19-37-30(35)22-9-6-10-23(17-22)31-28(33)25-11-4-5-12-26(25)29(31)34/h1-17H,18-19H2. The van der Waals surface area contributed by atoms with E-state index in [2.05, 4.69) is 0 Å². The van der Waals surface area contributed by atoms with Gasteiger partial charge in [0, 0.05) is 5.56 Å². The highest BCUT2D eigenvalue weighted by molar-refractivity contribution is 6.34. The van der Waals surface area contributed by atoms with Gasteiger partial charge in [0.1, 0.15) is 12.4 Å². The zero-order valence-electron chi connectivity index (χ0n) is 19.6. The van der Waals surface area contributed by atoms with Crippen LogP contribution in [0.5, 0.6) is 5.75 Å². The fourth-order valence-corrected chi connectivity index (χ4v) is 3.97. The highest BCUT2D eigenvalue weighted by atomic mass is 16.5. The number of Topliss-reactive ketones (excluding diaryl/α,β-unsaturated/α-hetero) is 1. The highest BCUT2D eigenvalue weighted by Crippen LogP contribution is 2.29. The van der Waals surface area contributed by atoms with Crippen molar-refractivity contribution in [2.24, 2.45) is 0 Å². The Labute approximate surface area is 212 Å². The predicted octanol–water partition coefficient (Wildman–Crippen LogP) is 5.11. The van der Waals surface area contributed by atoms with Gasteiger partial charge in [-0.05, 0) is 60.2 Å². The van der Waals surface area contributed by atoms with Crippen molar-refractivity contribution in [2.45, 2.75) is 6.61 Å². The molecule has 37 heavy (non-hydrogen) atoms. The summed E-state index contributed by atoms with van der Waals surface area (Å²) in [5.74, 6) is -1.42. The van der Waals surface area contributed by atoms with Crippen LogP contribution >= 0.6 is 0 Å². The second-order valence-corrected chi connectivity index (χ2v) is 8.34. The smallest absolute Gasteiger partial charge is 0.338 e. The number of hydrogen-bond donors (Lipinski definition) is 0. The molecule has 0 N–H and O–H groups in total. The molecule has 1 heterocycles. The molecule has 0 aliphatic carbocycles. The summed E-state index contributed by atoms with van der Waals surface area (Å²) in [5, 5.41) is 0. The lowest BCUT2D eigenvalue weighted by atomic mass is 10.1. The monoisotopic (exact) mass is 491 g/mol. The lowest BCUT2D eigenvalue weighted by Gasteiger charge is -2.14. The Morgan fingerprint density at radius 2 is 1.32 bits per heavy atom. The van der Waals surface area contributed by atoms with Crippen LogP contribution in [0.25, 0.3) is 0 Å². The van der Waals surface area contributed by atoms with Gasteiger partial charge in [-0.3, -0.25) is 14.4 Å². The van der Waals surface area contributed by atoms with Crippen molar-refractivity contribution in [3.63, 3.8) is 0 Å². The number of hydrogen-bond acceptors (Lipinski definition) is 6. The molecule has 4 aromatic rings. The number of ketones is 1. The Morgan fingerprint density at radius 1 is 0.676 bits per heavy atom. The van der Waals surface area contributed by atoms with Crippen molar-refractivity contribution in [3.8, 4) is 5.75 Å². The van der Waals surface area contributed by atoms with E-state index in [9.17, 15) is 19.2 Å². The summed E-state index contributed by atoms with van der Waals surface area (Å²) in [5.41, 5.74) is 2.39. The molecule has 0 saturated heterocycles. The first-order valence-corrected chi connectivity index (χ1v) is 11.6. The van der Waals surface area contributed by atoms with Crippen molar-refractivity contribution in [3.05, 3.63) is 131 Å². The minimum atomic E-state index is -0.741. The average molecular weight is 491 g/mol. The lowest BCUT2D eigenvalue weighted by molar-refractivity contribution is 0.0474. The van der Waals surface area contributed by atoms with E-state index in [-0.39, 0.29) is 17.0 Å². The molecule has 5 rings (SSSR count). The highest BCUT2D eigenvalue weighted by Gasteiger charge is 2.36. The van der Waals surface area contributed by atoms with E-state index in [1.807, 2.05) is 30.3 Å². The predicted molar refractivity (Wildman–Crippen MR) is 136 cm³/mol. The SMILES string of the molecule is O=C(COC(=O)c1cccc(N2C(=O)c3ccccc3C2=O)c1)c1ccc(OCc2ccccc2)cc1. The molecule has 4 aromatic carbocycles. The van der Waals surface area contributed by atoms with Crippen molar-refractivity contribution >= 4 is 29.3 Å². The van der Waals surface area contributed by atoms with E-state index in [0.29, 0.717) is 29.0 Å². The molecule has 7 heteroatoms. The molecule has 1 aliphatic rings. The normalized spacial score (nSPS) is 12.3. The van der Waals surface area contributed by atoms with Crippen molar-refractivity contribution < 1.29 is 28.7 Å². The van der Waals surface area contributed by atoms with E-state index in [0.717, 1.165) is 10.5 Å². The number of esters is 1. The quantitative estimate of drug-likeness (QED) is 0.193. The molecule has 0 fully saturated rings. The topological polar surface area (TPSA) is 90.0 Å². The fourth-order valence-electron chi connectivity index (χ4n) is 3.97. The van der Waals surface area contributed by atoms with Crippen LogP contribution in [0.1, 0.15) is 47.0 Å². The van der Waals surface area contributed by atoms with E-state index < -0.39 is 24.4 Å². The first kappa shape index (κ1) is 23.7. The van der Waals surface area contributed by atoms with Gasteiger partial charge in [0.25, 0.3) is 11.8 Å². The molecule has 0 saturated carbocycles. The van der Waals surface area contributed by atoms with Gasteiger partial charge in [-0.15, -0.1) is 0 Å². The lowest BCUT2D eigenvalue weighted by Crippen LogP contribution is -2.29. The van der Waals surface area contributed by atoms with Gasteiger partial charge in [0.2, 0.25) is 0 Å². The van der Waals surface area contributed by atoms with Crippen LogP contribution in [0.3, 0.4) is 0 Å². The number of carbonyl (C=O) groups is 4. The number of nitrogens with zero attached hydrogens (tertiary/aromatic N) is 1. The Balaban J connectivity index is 1.19. The summed E-state index contributed by atoms with van der Waals surface area (Å²) < 4.78 is 10.9. The third kappa shape index (κ3) is 5.01. The Bertz CT molecular complexity index is 1460. The van der Waals surface area contributed by atoms with Crippen LogP contribution in [0.15, 0.2) is 103 Å². The number of carbonyl (C=O) groups excluding carboxylic acids is 4. The Kier molecular flexibility index (Phi) is 6.59. The second kappa shape index (κ2) is 10.3. The molecule has 0 aromatic heterocycles. The molecule has 0 spiro atoms. The molecular weight excluding hydrogens is 470 g/mol. The van der Waals surface area contributed by atoms with Gasteiger partial charge in [0.15, 0.2) is 12.4 Å². The van der Waals surface area contributed by atoms with Crippen molar-refractivity contribution in [2.75, 3.05) is 11.5 Å². The molecule has 0 bridgehead atoms. The van der Waals surface area contributed by atoms with Crippen molar-refractivity contribution in [1.82, 2.24) is 0 Å². The molecule has 1 aliphatic heterocycles. The molecule has 0 unspecified atom stereocenters. The summed E-state index contributed by atoms with van der Waals surface area (Å²) in [7, 11) is 0. The first-order valence-electron chi connectivity index (χ1n) is 11.6. The fraction of sp³-hybridized carbons (Fsp3) is 0.0667. The van der Waals surface area contributed by atoms with Crippen LogP contribution in [0.2, 0.25) is 0 Å². The van der Waals surface area contributed by atoms with Gasteiger partial charge >= 0.3 is 5.97 Å². The van der Waals surface area contributed by atoms with Gasteiger partial charge in [-0.2, -0.15) is 0 Å². The summed E-state index contributed by atoms with van der Waals surface area (Å²) >= 11 is 0. The zero-order valence-corrected chi connectivity index (χ0v) is 19.6.